The van der Waals surface area contributed by atoms with Crippen LogP contribution in [-0.4, -0.2) is 14.9 Å². The third-order valence-corrected chi connectivity index (χ3v) is 4.30. The average Bonchev–Trinajstić information content (AvgIpc) is 2.90. The van der Waals surface area contributed by atoms with Gasteiger partial charge in [-0.3, -0.25) is 4.68 Å². The van der Waals surface area contributed by atoms with Crippen LogP contribution in [0.4, 0.5) is 15.9 Å². The van der Waals surface area contributed by atoms with Crippen LogP contribution in [0, 0.1) is 19.7 Å². The second-order valence-electron chi connectivity index (χ2n) is 6.05. The lowest BCUT2D eigenvalue weighted by molar-refractivity contribution is 0.619. The molecule has 7 heteroatoms. The molecular weight excluding hydrogens is 371 g/mol. The van der Waals surface area contributed by atoms with E-state index in [-0.39, 0.29) is 5.82 Å². The van der Waals surface area contributed by atoms with Crippen molar-refractivity contribution in [3.05, 3.63) is 76.2 Å². The summed E-state index contributed by atoms with van der Waals surface area (Å²) in [6.45, 7) is 4.44. The van der Waals surface area contributed by atoms with E-state index < -0.39 is 0 Å². The highest BCUT2D eigenvalue weighted by Crippen LogP contribution is 2.21. The van der Waals surface area contributed by atoms with Gasteiger partial charge in [0.1, 0.15) is 10.8 Å². The maximum absolute atomic E-state index is 13.3. The highest BCUT2D eigenvalue weighted by molar-refractivity contribution is 7.80. The molecule has 0 spiro atoms. The third-order valence-electron chi connectivity index (χ3n) is 3.82. The predicted octanol–water partition coefficient (Wildman–Crippen LogP) is 5.15. The summed E-state index contributed by atoms with van der Waals surface area (Å²) in [5.74, 6) is 0.170. The van der Waals surface area contributed by atoms with Crippen LogP contribution in [0.2, 0.25) is 5.02 Å². The van der Waals surface area contributed by atoms with Crippen molar-refractivity contribution in [3.63, 3.8) is 0 Å². The van der Waals surface area contributed by atoms with E-state index in [0.717, 1.165) is 22.4 Å². The molecule has 0 bridgehead atoms. The average molecular weight is 389 g/mol. The molecule has 2 N–H and O–H groups in total. The standard InChI is InChI=1S/C19H18ClFN4S/c1-12-6-7-13(2)17(8-12)22-19(26)23-18-16(20)11-25(24-18)10-14-4-3-5-15(21)9-14/h3-9,11H,10H2,1-2H3,(H2,22,23,24,26). The van der Waals surface area contributed by atoms with Crippen LogP contribution < -0.4 is 10.6 Å². The first-order valence-corrected chi connectivity index (χ1v) is 8.82. The fraction of sp³-hybridized carbons (Fsp3) is 0.158. The molecule has 0 saturated carbocycles. The number of hydrogen-bond donors (Lipinski definition) is 2. The Morgan fingerprint density at radius 2 is 2.00 bits per heavy atom. The maximum Gasteiger partial charge on any atom is 0.176 e. The Labute approximate surface area is 162 Å². The molecule has 0 amide bonds. The van der Waals surface area contributed by atoms with Gasteiger partial charge in [-0.15, -0.1) is 0 Å². The van der Waals surface area contributed by atoms with Gasteiger partial charge in [-0.2, -0.15) is 5.10 Å². The molecule has 1 aromatic heterocycles. The van der Waals surface area contributed by atoms with Crippen molar-refractivity contribution in [2.45, 2.75) is 20.4 Å². The maximum atomic E-state index is 13.3. The first kappa shape index (κ1) is 18.4. The number of aryl methyl sites for hydroxylation is 2. The molecule has 134 valence electrons. The van der Waals surface area contributed by atoms with Crippen LogP contribution in [0.25, 0.3) is 0 Å². The molecule has 3 aromatic rings. The summed E-state index contributed by atoms with van der Waals surface area (Å²) in [7, 11) is 0. The zero-order valence-electron chi connectivity index (χ0n) is 14.4. The zero-order chi connectivity index (χ0) is 18.7. The number of thiocarbonyl (C=S) groups is 1. The van der Waals surface area contributed by atoms with Gasteiger partial charge in [0.25, 0.3) is 0 Å². The van der Waals surface area contributed by atoms with Gasteiger partial charge in [0.05, 0.1) is 6.54 Å². The van der Waals surface area contributed by atoms with E-state index >= 15 is 0 Å². The van der Waals surface area contributed by atoms with Crippen molar-refractivity contribution < 1.29 is 4.39 Å². The van der Waals surface area contributed by atoms with E-state index in [1.54, 1.807) is 16.9 Å². The van der Waals surface area contributed by atoms with Gasteiger partial charge in [0, 0.05) is 11.9 Å². The lowest BCUT2D eigenvalue weighted by atomic mass is 10.1. The van der Waals surface area contributed by atoms with Crippen molar-refractivity contribution >= 4 is 40.4 Å². The van der Waals surface area contributed by atoms with Gasteiger partial charge < -0.3 is 10.6 Å². The number of hydrogen-bond acceptors (Lipinski definition) is 2. The predicted molar refractivity (Wildman–Crippen MR) is 108 cm³/mol. The van der Waals surface area contributed by atoms with Crippen molar-refractivity contribution in [3.8, 4) is 0 Å². The summed E-state index contributed by atoms with van der Waals surface area (Å²) in [4.78, 5) is 0. The molecule has 0 aliphatic heterocycles. The molecule has 0 atom stereocenters. The summed E-state index contributed by atoms with van der Waals surface area (Å²) >= 11 is 11.6. The highest BCUT2D eigenvalue weighted by Gasteiger charge is 2.10. The number of nitrogens with one attached hydrogen (secondary N) is 2. The molecule has 0 fully saturated rings. The second kappa shape index (κ2) is 7.85. The minimum absolute atomic E-state index is 0.280. The Morgan fingerprint density at radius 3 is 2.77 bits per heavy atom. The highest BCUT2D eigenvalue weighted by atomic mass is 35.5. The quantitative estimate of drug-likeness (QED) is 0.606. The van der Waals surface area contributed by atoms with Gasteiger partial charge in [-0.05, 0) is 61.0 Å². The van der Waals surface area contributed by atoms with E-state index in [9.17, 15) is 4.39 Å². The largest absolute Gasteiger partial charge is 0.332 e. The van der Waals surface area contributed by atoms with Crippen LogP contribution in [0.3, 0.4) is 0 Å². The molecule has 0 unspecified atom stereocenters. The molecule has 26 heavy (non-hydrogen) atoms. The topological polar surface area (TPSA) is 41.9 Å². The van der Waals surface area contributed by atoms with Gasteiger partial charge in [-0.25, -0.2) is 4.39 Å². The molecule has 0 aliphatic rings. The summed E-state index contributed by atoms with van der Waals surface area (Å²) in [6.07, 6.45) is 1.68. The zero-order valence-corrected chi connectivity index (χ0v) is 16.0. The van der Waals surface area contributed by atoms with E-state index in [1.807, 2.05) is 38.1 Å². The minimum Gasteiger partial charge on any atom is -0.332 e. The molecular formula is C19H18ClFN4S. The summed E-state index contributed by atoms with van der Waals surface area (Å²) in [5.41, 5.74) is 3.95. The summed E-state index contributed by atoms with van der Waals surface area (Å²) < 4.78 is 14.9. The summed E-state index contributed by atoms with van der Waals surface area (Å²) in [5, 5.41) is 11.4. The third kappa shape index (κ3) is 4.59. The first-order valence-electron chi connectivity index (χ1n) is 8.03. The van der Waals surface area contributed by atoms with Crippen molar-refractivity contribution in [2.75, 3.05) is 10.6 Å². The van der Waals surface area contributed by atoms with Crippen molar-refractivity contribution in [1.82, 2.24) is 9.78 Å². The van der Waals surface area contributed by atoms with E-state index in [4.69, 9.17) is 23.8 Å². The lowest BCUT2D eigenvalue weighted by Gasteiger charge is -2.12. The molecule has 0 aliphatic carbocycles. The Hall–Kier alpha value is -2.44. The number of halogens is 2. The first-order chi connectivity index (χ1) is 12.4. The number of anilines is 2. The smallest absolute Gasteiger partial charge is 0.176 e. The molecule has 1 heterocycles. The van der Waals surface area contributed by atoms with Gasteiger partial charge >= 0.3 is 0 Å². The van der Waals surface area contributed by atoms with Gasteiger partial charge in [-0.1, -0.05) is 35.9 Å². The van der Waals surface area contributed by atoms with Gasteiger partial charge in [0.2, 0.25) is 0 Å². The van der Waals surface area contributed by atoms with Crippen LogP contribution in [0.1, 0.15) is 16.7 Å². The van der Waals surface area contributed by atoms with Crippen LogP contribution in [0.5, 0.6) is 0 Å². The monoisotopic (exact) mass is 388 g/mol. The number of rotatable bonds is 4. The second-order valence-corrected chi connectivity index (χ2v) is 6.87. The minimum atomic E-state index is -0.280. The Bertz CT molecular complexity index is 954. The molecule has 3 rings (SSSR count). The van der Waals surface area contributed by atoms with Crippen LogP contribution in [-0.2, 0) is 6.54 Å². The van der Waals surface area contributed by atoms with Crippen LogP contribution >= 0.6 is 23.8 Å². The number of nitrogens with zero attached hydrogens (tertiary/aromatic N) is 2. The number of aromatic nitrogens is 2. The Morgan fingerprint density at radius 1 is 1.19 bits per heavy atom. The van der Waals surface area contributed by atoms with Gasteiger partial charge in [0.15, 0.2) is 10.9 Å². The van der Waals surface area contributed by atoms with E-state index in [0.29, 0.717) is 22.5 Å². The molecule has 2 aromatic carbocycles. The van der Waals surface area contributed by atoms with Crippen LogP contribution in [0.15, 0.2) is 48.7 Å². The van der Waals surface area contributed by atoms with E-state index in [2.05, 4.69) is 15.7 Å². The molecule has 4 nitrogen and oxygen atoms in total. The van der Waals surface area contributed by atoms with E-state index in [1.165, 1.54) is 12.1 Å². The van der Waals surface area contributed by atoms with Crippen molar-refractivity contribution in [1.29, 1.82) is 0 Å². The normalized spacial score (nSPS) is 10.6. The Balaban J connectivity index is 1.69. The Kier molecular flexibility index (Phi) is 5.54. The SMILES string of the molecule is Cc1ccc(C)c(NC(=S)Nc2nn(Cc3cccc(F)c3)cc2Cl)c1. The number of benzene rings is 2. The molecule has 0 saturated heterocycles. The molecule has 0 radical (unpaired) electrons. The van der Waals surface area contributed by atoms with Crippen molar-refractivity contribution in [2.24, 2.45) is 0 Å². The fourth-order valence-electron chi connectivity index (χ4n) is 2.52. The fourth-order valence-corrected chi connectivity index (χ4v) is 2.92. The summed E-state index contributed by atoms with van der Waals surface area (Å²) in [6, 6.07) is 12.5. The lowest BCUT2D eigenvalue weighted by Crippen LogP contribution is -2.20.